The van der Waals surface area contributed by atoms with Gasteiger partial charge in [0.1, 0.15) is 0 Å². The Hall–Kier alpha value is -1.82. The van der Waals surface area contributed by atoms with Crippen LogP contribution in [0.25, 0.3) is 11.1 Å². The second kappa shape index (κ2) is 6.20. The smallest absolute Gasteiger partial charge is 0.0100 e. The maximum atomic E-state index is 3.76. The van der Waals surface area contributed by atoms with Crippen LogP contribution in [0.3, 0.4) is 0 Å². The average Bonchev–Trinajstić information content (AvgIpc) is 2.41. The normalized spacial score (nSPS) is 10.3. The van der Waals surface area contributed by atoms with Gasteiger partial charge in [-0.05, 0) is 35.1 Å². The molecule has 0 bridgehead atoms. The van der Waals surface area contributed by atoms with E-state index in [0.29, 0.717) is 0 Å². The predicted octanol–water partition coefficient (Wildman–Crippen LogP) is 5.03. The summed E-state index contributed by atoms with van der Waals surface area (Å²) >= 11 is 0. The van der Waals surface area contributed by atoms with Gasteiger partial charge in [-0.15, -0.1) is 6.58 Å². The maximum absolute atomic E-state index is 3.76. The van der Waals surface area contributed by atoms with E-state index >= 15 is 0 Å². The molecule has 0 heteroatoms. The maximum Gasteiger partial charge on any atom is -0.0100 e. The van der Waals surface area contributed by atoms with Gasteiger partial charge in [-0.2, -0.15) is 0 Å². The van der Waals surface area contributed by atoms with Crippen LogP contribution in [0.2, 0.25) is 0 Å². The van der Waals surface area contributed by atoms with Gasteiger partial charge >= 0.3 is 0 Å². The van der Waals surface area contributed by atoms with Crippen molar-refractivity contribution in [2.75, 3.05) is 0 Å². The molecule has 0 aliphatic heterocycles. The average molecular weight is 236 g/mol. The minimum atomic E-state index is 0.940. The number of aryl methyl sites for hydroxylation is 1. The first-order valence-corrected chi connectivity index (χ1v) is 6.62. The Morgan fingerprint density at radius 2 is 1.33 bits per heavy atom. The van der Waals surface area contributed by atoms with E-state index in [1.54, 1.807) is 0 Å². The lowest BCUT2D eigenvalue weighted by molar-refractivity contribution is 0.922. The number of rotatable bonds is 5. The van der Waals surface area contributed by atoms with Crippen molar-refractivity contribution in [2.24, 2.45) is 0 Å². The number of hydrogen-bond donors (Lipinski definition) is 0. The zero-order valence-corrected chi connectivity index (χ0v) is 11.0. The molecule has 0 heterocycles. The third kappa shape index (κ3) is 3.10. The van der Waals surface area contributed by atoms with Crippen molar-refractivity contribution in [1.82, 2.24) is 0 Å². The Morgan fingerprint density at radius 1 is 0.833 bits per heavy atom. The standard InChI is InChI=1S/C18H20/c1-3-5-15-7-11-17(12-8-15)18-13-9-16(6-4-2)10-14-18/h3,7-14H,1,4-6H2,2H3. The van der Waals surface area contributed by atoms with Crippen LogP contribution in [0.1, 0.15) is 24.5 Å². The summed E-state index contributed by atoms with van der Waals surface area (Å²) in [6.45, 7) is 5.98. The van der Waals surface area contributed by atoms with E-state index in [9.17, 15) is 0 Å². The van der Waals surface area contributed by atoms with Gasteiger partial charge in [0, 0.05) is 0 Å². The van der Waals surface area contributed by atoms with Crippen LogP contribution in [0, 0.1) is 0 Å². The lowest BCUT2D eigenvalue weighted by Crippen LogP contribution is -1.85. The molecule has 2 aromatic carbocycles. The van der Waals surface area contributed by atoms with E-state index in [0.717, 1.165) is 6.42 Å². The molecule has 2 aromatic rings. The van der Waals surface area contributed by atoms with Crippen LogP contribution in [0.4, 0.5) is 0 Å². The molecule has 0 fully saturated rings. The van der Waals surface area contributed by atoms with E-state index in [1.165, 1.54) is 35.1 Å². The summed E-state index contributed by atoms with van der Waals surface area (Å²) in [4.78, 5) is 0. The summed E-state index contributed by atoms with van der Waals surface area (Å²) in [5.74, 6) is 0. The van der Waals surface area contributed by atoms with Crippen LogP contribution >= 0.6 is 0 Å². The molecule has 0 radical (unpaired) electrons. The van der Waals surface area contributed by atoms with Gasteiger partial charge in [-0.3, -0.25) is 0 Å². The summed E-state index contributed by atoms with van der Waals surface area (Å²) in [6, 6.07) is 17.6. The van der Waals surface area contributed by atoms with Crippen molar-refractivity contribution in [3.8, 4) is 11.1 Å². The minimum absolute atomic E-state index is 0.940. The molecule has 0 aliphatic carbocycles. The number of hydrogen-bond acceptors (Lipinski definition) is 0. The second-order valence-corrected chi connectivity index (χ2v) is 4.64. The van der Waals surface area contributed by atoms with Gasteiger partial charge in [0.15, 0.2) is 0 Å². The van der Waals surface area contributed by atoms with Crippen molar-refractivity contribution >= 4 is 0 Å². The second-order valence-electron chi connectivity index (χ2n) is 4.64. The monoisotopic (exact) mass is 236 g/mol. The van der Waals surface area contributed by atoms with Gasteiger partial charge < -0.3 is 0 Å². The Labute approximate surface area is 110 Å². The first kappa shape index (κ1) is 12.6. The molecular weight excluding hydrogens is 216 g/mol. The minimum Gasteiger partial charge on any atom is -0.103 e. The van der Waals surface area contributed by atoms with Crippen LogP contribution in [-0.4, -0.2) is 0 Å². The van der Waals surface area contributed by atoms with Crippen molar-refractivity contribution in [2.45, 2.75) is 26.2 Å². The molecule has 0 aliphatic rings. The third-order valence-corrected chi connectivity index (χ3v) is 3.16. The topological polar surface area (TPSA) is 0 Å². The van der Waals surface area contributed by atoms with Crippen LogP contribution in [0.15, 0.2) is 61.2 Å². The van der Waals surface area contributed by atoms with Gasteiger partial charge in [0.2, 0.25) is 0 Å². The summed E-state index contributed by atoms with van der Waals surface area (Å²) in [6.07, 6.45) is 5.25. The van der Waals surface area contributed by atoms with E-state index in [-0.39, 0.29) is 0 Å². The van der Waals surface area contributed by atoms with Crippen LogP contribution in [0.5, 0.6) is 0 Å². The lowest BCUT2D eigenvalue weighted by Gasteiger charge is -2.05. The molecule has 0 aromatic heterocycles. The van der Waals surface area contributed by atoms with Gasteiger partial charge in [0.05, 0.1) is 0 Å². The Morgan fingerprint density at radius 3 is 1.78 bits per heavy atom. The largest absolute Gasteiger partial charge is 0.103 e. The Kier molecular flexibility index (Phi) is 4.35. The SMILES string of the molecule is C=CCc1ccc(-c2ccc(CCC)cc2)cc1. The highest BCUT2D eigenvalue weighted by atomic mass is 14.0. The van der Waals surface area contributed by atoms with Gasteiger partial charge in [-0.1, -0.05) is 68.0 Å². The molecular formula is C18H20. The Balaban J connectivity index is 2.17. The highest BCUT2D eigenvalue weighted by Gasteiger charge is 1.98. The zero-order valence-electron chi connectivity index (χ0n) is 11.0. The first-order chi connectivity index (χ1) is 8.83. The molecule has 92 valence electrons. The molecule has 0 atom stereocenters. The Bertz CT molecular complexity index is 489. The van der Waals surface area contributed by atoms with E-state index in [1.807, 2.05) is 6.08 Å². The fourth-order valence-electron chi connectivity index (χ4n) is 2.15. The van der Waals surface area contributed by atoms with Crippen LogP contribution < -0.4 is 0 Å². The summed E-state index contributed by atoms with van der Waals surface area (Å²) in [5.41, 5.74) is 5.31. The molecule has 0 unspecified atom stereocenters. The summed E-state index contributed by atoms with van der Waals surface area (Å²) in [7, 11) is 0. The molecule has 18 heavy (non-hydrogen) atoms. The fourth-order valence-corrected chi connectivity index (χ4v) is 2.15. The molecule has 0 saturated carbocycles. The van der Waals surface area contributed by atoms with Crippen molar-refractivity contribution in [3.05, 3.63) is 72.3 Å². The zero-order chi connectivity index (χ0) is 12.8. The first-order valence-electron chi connectivity index (χ1n) is 6.62. The quantitative estimate of drug-likeness (QED) is 0.638. The van der Waals surface area contributed by atoms with E-state index in [2.05, 4.69) is 62.0 Å². The molecule has 0 nitrogen and oxygen atoms in total. The van der Waals surface area contributed by atoms with Crippen molar-refractivity contribution in [1.29, 1.82) is 0 Å². The predicted molar refractivity (Wildman–Crippen MR) is 79.8 cm³/mol. The summed E-state index contributed by atoms with van der Waals surface area (Å²) in [5, 5.41) is 0. The van der Waals surface area contributed by atoms with Crippen molar-refractivity contribution in [3.63, 3.8) is 0 Å². The highest BCUT2D eigenvalue weighted by molar-refractivity contribution is 5.64. The van der Waals surface area contributed by atoms with E-state index < -0.39 is 0 Å². The van der Waals surface area contributed by atoms with Gasteiger partial charge in [-0.25, -0.2) is 0 Å². The molecule has 0 N–H and O–H groups in total. The third-order valence-electron chi connectivity index (χ3n) is 3.16. The molecule has 2 rings (SSSR count). The fraction of sp³-hybridized carbons (Fsp3) is 0.222. The molecule has 0 saturated heterocycles. The van der Waals surface area contributed by atoms with Crippen LogP contribution in [-0.2, 0) is 12.8 Å². The van der Waals surface area contributed by atoms with Crippen molar-refractivity contribution < 1.29 is 0 Å². The molecule has 0 amide bonds. The summed E-state index contributed by atoms with van der Waals surface area (Å²) < 4.78 is 0. The lowest BCUT2D eigenvalue weighted by atomic mass is 10.0. The number of benzene rings is 2. The number of allylic oxidation sites excluding steroid dienone is 1. The highest BCUT2D eigenvalue weighted by Crippen LogP contribution is 2.21. The van der Waals surface area contributed by atoms with Gasteiger partial charge in [0.25, 0.3) is 0 Å². The van der Waals surface area contributed by atoms with E-state index in [4.69, 9.17) is 0 Å². The molecule has 0 spiro atoms.